The second-order valence-corrected chi connectivity index (χ2v) is 5.22. The average Bonchev–Trinajstić information content (AvgIpc) is 2.16. The molecule has 2 N–H and O–H groups in total. The van der Waals surface area contributed by atoms with Crippen LogP contribution in [0.2, 0.25) is 5.02 Å². The van der Waals surface area contributed by atoms with Crippen molar-refractivity contribution < 1.29 is 4.79 Å². The van der Waals surface area contributed by atoms with Crippen LogP contribution in [0.4, 0.5) is 5.69 Å². The second-order valence-electron chi connectivity index (χ2n) is 3.90. The van der Waals surface area contributed by atoms with Gasteiger partial charge in [0.15, 0.2) is 0 Å². The van der Waals surface area contributed by atoms with Gasteiger partial charge in [0.05, 0.1) is 10.7 Å². The molecule has 5 heteroatoms. The molecule has 86 valence electrons. The fourth-order valence-electron chi connectivity index (χ4n) is 1.55. The number of carbonyl (C=O) groups excluding carboxylic acids is 1. The summed E-state index contributed by atoms with van der Waals surface area (Å²) in [5, 5.41) is 6.50. The Kier molecular flexibility index (Phi) is 3.84. The van der Waals surface area contributed by atoms with E-state index in [0.29, 0.717) is 23.0 Å². The highest BCUT2D eigenvalue weighted by molar-refractivity contribution is 9.10. The molecular weight excluding hydrogens is 291 g/mol. The van der Waals surface area contributed by atoms with Gasteiger partial charge in [-0.15, -0.1) is 0 Å². The normalized spacial score (nSPS) is 15.6. The minimum atomic E-state index is 0.0238. The van der Waals surface area contributed by atoms with E-state index >= 15 is 0 Å². The van der Waals surface area contributed by atoms with Crippen LogP contribution in [0.3, 0.4) is 0 Å². The molecular formula is C11H12BrClN2O. The van der Waals surface area contributed by atoms with Crippen molar-refractivity contribution in [2.24, 2.45) is 5.92 Å². The standard InChI is InChI=1S/C11H12BrClN2O/c12-8-1-2-10(9(13)4-8)15-11(16)3-7-5-14-6-7/h1-2,4,7,14H,3,5-6H2,(H,15,16). The molecule has 16 heavy (non-hydrogen) atoms. The van der Waals surface area contributed by atoms with Crippen molar-refractivity contribution in [3.8, 4) is 0 Å². The molecule has 0 unspecified atom stereocenters. The number of anilines is 1. The fourth-order valence-corrected chi connectivity index (χ4v) is 2.27. The van der Waals surface area contributed by atoms with Gasteiger partial charge in [0, 0.05) is 10.9 Å². The van der Waals surface area contributed by atoms with Crippen molar-refractivity contribution in [3.05, 3.63) is 27.7 Å². The Labute approximate surface area is 108 Å². The molecule has 1 amide bonds. The van der Waals surface area contributed by atoms with Crippen molar-refractivity contribution in [2.45, 2.75) is 6.42 Å². The van der Waals surface area contributed by atoms with Gasteiger partial charge in [-0.05, 0) is 37.2 Å². The predicted octanol–water partition coefficient (Wildman–Crippen LogP) is 2.65. The van der Waals surface area contributed by atoms with Gasteiger partial charge in [-0.1, -0.05) is 27.5 Å². The van der Waals surface area contributed by atoms with E-state index in [1.807, 2.05) is 6.07 Å². The molecule has 0 atom stereocenters. The topological polar surface area (TPSA) is 41.1 Å². The van der Waals surface area contributed by atoms with E-state index in [-0.39, 0.29) is 5.91 Å². The molecule has 1 aliphatic heterocycles. The Morgan fingerprint density at radius 2 is 2.31 bits per heavy atom. The highest BCUT2D eigenvalue weighted by Crippen LogP contribution is 2.26. The van der Waals surface area contributed by atoms with Crippen molar-refractivity contribution in [2.75, 3.05) is 18.4 Å². The van der Waals surface area contributed by atoms with Gasteiger partial charge >= 0.3 is 0 Å². The van der Waals surface area contributed by atoms with E-state index in [2.05, 4.69) is 26.6 Å². The maximum absolute atomic E-state index is 11.6. The zero-order chi connectivity index (χ0) is 11.5. The van der Waals surface area contributed by atoms with Gasteiger partial charge in [0.25, 0.3) is 0 Å². The van der Waals surface area contributed by atoms with Crippen molar-refractivity contribution in [1.29, 1.82) is 0 Å². The number of hydrogen-bond acceptors (Lipinski definition) is 2. The van der Waals surface area contributed by atoms with E-state index in [9.17, 15) is 4.79 Å². The third kappa shape index (κ3) is 2.97. The van der Waals surface area contributed by atoms with Gasteiger partial charge < -0.3 is 10.6 Å². The zero-order valence-electron chi connectivity index (χ0n) is 8.59. The van der Waals surface area contributed by atoms with Crippen LogP contribution in [0.15, 0.2) is 22.7 Å². The molecule has 1 aliphatic rings. The minimum absolute atomic E-state index is 0.0238. The molecule has 3 nitrogen and oxygen atoms in total. The molecule has 0 spiro atoms. The van der Waals surface area contributed by atoms with Crippen LogP contribution in [0.1, 0.15) is 6.42 Å². The van der Waals surface area contributed by atoms with E-state index < -0.39 is 0 Å². The van der Waals surface area contributed by atoms with Crippen molar-refractivity contribution >= 4 is 39.1 Å². The van der Waals surface area contributed by atoms with Crippen LogP contribution in [0.5, 0.6) is 0 Å². The Morgan fingerprint density at radius 3 is 2.88 bits per heavy atom. The van der Waals surface area contributed by atoms with Gasteiger partial charge in [0.2, 0.25) is 5.91 Å². The summed E-state index contributed by atoms with van der Waals surface area (Å²) in [6.07, 6.45) is 0.555. The van der Waals surface area contributed by atoms with Crippen LogP contribution < -0.4 is 10.6 Å². The van der Waals surface area contributed by atoms with Crippen molar-refractivity contribution in [3.63, 3.8) is 0 Å². The molecule has 0 saturated carbocycles. The van der Waals surface area contributed by atoms with Crippen LogP contribution in [-0.2, 0) is 4.79 Å². The summed E-state index contributed by atoms with van der Waals surface area (Å²) >= 11 is 9.32. The van der Waals surface area contributed by atoms with Crippen LogP contribution in [-0.4, -0.2) is 19.0 Å². The smallest absolute Gasteiger partial charge is 0.224 e. The lowest BCUT2D eigenvalue weighted by atomic mass is 9.99. The molecule has 0 bridgehead atoms. The highest BCUT2D eigenvalue weighted by Gasteiger charge is 2.20. The summed E-state index contributed by atoms with van der Waals surface area (Å²) in [5.41, 5.74) is 0.669. The number of nitrogens with one attached hydrogen (secondary N) is 2. The van der Waals surface area contributed by atoms with Gasteiger partial charge in [-0.3, -0.25) is 4.79 Å². The number of amides is 1. The molecule has 0 radical (unpaired) electrons. The Hall–Kier alpha value is -0.580. The second kappa shape index (κ2) is 5.17. The predicted molar refractivity (Wildman–Crippen MR) is 68.8 cm³/mol. The van der Waals surface area contributed by atoms with E-state index in [1.54, 1.807) is 12.1 Å². The maximum atomic E-state index is 11.6. The summed E-state index contributed by atoms with van der Waals surface area (Å²) in [4.78, 5) is 11.6. The molecule has 1 fully saturated rings. The van der Waals surface area contributed by atoms with Crippen LogP contribution in [0, 0.1) is 5.92 Å². The van der Waals surface area contributed by atoms with Gasteiger partial charge in [-0.2, -0.15) is 0 Å². The monoisotopic (exact) mass is 302 g/mol. The molecule has 2 rings (SSSR count). The highest BCUT2D eigenvalue weighted by atomic mass is 79.9. The van der Waals surface area contributed by atoms with Crippen molar-refractivity contribution in [1.82, 2.24) is 5.32 Å². The molecule has 1 aromatic carbocycles. The number of rotatable bonds is 3. The third-order valence-electron chi connectivity index (χ3n) is 2.55. The van der Waals surface area contributed by atoms with Crippen LogP contribution >= 0.6 is 27.5 Å². The third-order valence-corrected chi connectivity index (χ3v) is 3.35. The lowest BCUT2D eigenvalue weighted by molar-refractivity contribution is -0.117. The lowest BCUT2D eigenvalue weighted by Crippen LogP contribution is -2.43. The molecule has 1 heterocycles. The van der Waals surface area contributed by atoms with E-state index in [0.717, 1.165) is 17.6 Å². The van der Waals surface area contributed by atoms with Crippen LogP contribution in [0.25, 0.3) is 0 Å². The summed E-state index contributed by atoms with van der Waals surface area (Å²) in [6, 6.07) is 5.41. The first-order valence-electron chi connectivity index (χ1n) is 5.11. The summed E-state index contributed by atoms with van der Waals surface area (Å²) in [7, 11) is 0. The van der Waals surface area contributed by atoms with E-state index in [4.69, 9.17) is 11.6 Å². The first kappa shape index (κ1) is 11.9. The first-order chi connectivity index (χ1) is 7.65. The summed E-state index contributed by atoms with van der Waals surface area (Å²) in [5.74, 6) is 0.491. The number of benzene rings is 1. The number of carbonyl (C=O) groups is 1. The lowest BCUT2D eigenvalue weighted by Gasteiger charge is -2.26. The SMILES string of the molecule is O=C(CC1CNC1)Nc1ccc(Br)cc1Cl. The Balaban J connectivity index is 1.94. The van der Waals surface area contributed by atoms with Gasteiger partial charge in [-0.25, -0.2) is 0 Å². The number of hydrogen-bond donors (Lipinski definition) is 2. The van der Waals surface area contributed by atoms with Gasteiger partial charge in [0.1, 0.15) is 0 Å². The molecule has 1 aromatic rings. The molecule has 1 saturated heterocycles. The quantitative estimate of drug-likeness (QED) is 0.901. The Bertz CT molecular complexity index is 407. The number of halogens is 2. The fraction of sp³-hybridized carbons (Fsp3) is 0.364. The zero-order valence-corrected chi connectivity index (χ0v) is 10.9. The molecule has 0 aromatic heterocycles. The average molecular weight is 304 g/mol. The van der Waals surface area contributed by atoms with E-state index in [1.165, 1.54) is 0 Å². The summed E-state index contributed by atoms with van der Waals surface area (Å²) < 4.78 is 0.902. The Morgan fingerprint density at radius 1 is 1.56 bits per heavy atom. The largest absolute Gasteiger partial charge is 0.325 e. The molecule has 0 aliphatic carbocycles. The maximum Gasteiger partial charge on any atom is 0.224 e. The minimum Gasteiger partial charge on any atom is -0.325 e. The first-order valence-corrected chi connectivity index (χ1v) is 6.28. The summed E-state index contributed by atoms with van der Waals surface area (Å²) in [6.45, 7) is 1.86.